The Bertz CT molecular complexity index is 723. The third-order valence-electron chi connectivity index (χ3n) is 3.19. The molecule has 5 nitrogen and oxygen atoms in total. The van der Waals surface area contributed by atoms with E-state index in [-0.39, 0.29) is 0 Å². The SMILES string of the molecule is COc1cc2nnn(Cc3ccccc3)c2cc1OC. The topological polar surface area (TPSA) is 49.2 Å². The van der Waals surface area contributed by atoms with Crippen molar-refractivity contribution in [2.45, 2.75) is 6.54 Å². The Hall–Kier alpha value is -2.56. The number of rotatable bonds is 4. The Balaban J connectivity index is 2.04. The second-order valence-electron chi connectivity index (χ2n) is 4.43. The quantitative estimate of drug-likeness (QED) is 0.730. The summed E-state index contributed by atoms with van der Waals surface area (Å²) in [6, 6.07) is 13.9. The zero-order valence-corrected chi connectivity index (χ0v) is 11.4. The smallest absolute Gasteiger partial charge is 0.163 e. The Morgan fingerprint density at radius 2 is 1.70 bits per heavy atom. The van der Waals surface area contributed by atoms with E-state index >= 15 is 0 Å². The van der Waals surface area contributed by atoms with Gasteiger partial charge in [-0.3, -0.25) is 0 Å². The highest BCUT2D eigenvalue weighted by atomic mass is 16.5. The molecule has 0 unspecified atom stereocenters. The molecule has 0 bridgehead atoms. The number of benzene rings is 2. The summed E-state index contributed by atoms with van der Waals surface area (Å²) in [5, 5.41) is 8.37. The van der Waals surface area contributed by atoms with Crippen LogP contribution in [0.5, 0.6) is 11.5 Å². The van der Waals surface area contributed by atoms with Crippen LogP contribution in [-0.2, 0) is 6.54 Å². The molecule has 0 saturated carbocycles. The van der Waals surface area contributed by atoms with Crippen LogP contribution in [0, 0.1) is 0 Å². The van der Waals surface area contributed by atoms with Crippen molar-refractivity contribution in [2.75, 3.05) is 14.2 Å². The third-order valence-corrected chi connectivity index (χ3v) is 3.19. The Morgan fingerprint density at radius 3 is 2.40 bits per heavy atom. The number of fused-ring (bicyclic) bond motifs is 1. The first-order valence-electron chi connectivity index (χ1n) is 6.31. The molecular formula is C15H15N3O2. The number of hydrogen-bond donors (Lipinski definition) is 0. The van der Waals surface area contributed by atoms with Gasteiger partial charge in [0.2, 0.25) is 0 Å². The molecule has 20 heavy (non-hydrogen) atoms. The Morgan fingerprint density at radius 1 is 1.00 bits per heavy atom. The van der Waals surface area contributed by atoms with Crippen molar-refractivity contribution in [2.24, 2.45) is 0 Å². The molecule has 0 saturated heterocycles. The molecule has 0 spiro atoms. The number of hydrogen-bond acceptors (Lipinski definition) is 4. The van der Waals surface area contributed by atoms with Crippen LogP contribution < -0.4 is 9.47 Å². The van der Waals surface area contributed by atoms with Crippen LogP contribution in [0.1, 0.15) is 5.56 Å². The fourth-order valence-corrected chi connectivity index (χ4v) is 2.17. The van der Waals surface area contributed by atoms with Gasteiger partial charge in [0, 0.05) is 12.1 Å². The molecule has 0 radical (unpaired) electrons. The van der Waals surface area contributed by atoms with E-state index in [4.69, 9.17) is 9.47 Å². The van der Waals surface area contributed by atoms with E-state index in [9.17, 15) is 0 Å². The molecule has 0 N–H and O–H groups in total. The van der Waals surface area contributed by atoms with Gasteiger partial charge in [-0.2, -0.15) is 0 Å². The maximum Gasteiger partial charge on any atom is 0.163 e. The van der Waals surface area contributed by atoms with Crippen LogP contribution in [0.2, 0.25) is 0 Å². The van der Waals surface area contributed by atoms with Crippen molar-refractivity contribution in [3.63, 3.8) is 0 Å². The summed E-state index contributed by atoms with van der Waals surface area (Å²) in [6.45, 7) is 0.673. The second-order valence-corrected chi connectivity index (χ2v) is 4.43. The van der Waals surface area contributed by atoms with Crippen molar-refractivity contribution in [3.05, 3.63) is 48.0 Å². The van der Waals surface area contributed by atoms with E-state index in [1.54, 1.807) is 14.2 Å². The minimum absolute atomic E-state index is 0.659. The van der Waals surface area contributed by atoms with Gasteiger partial charge in [-0.15, -0.1) is 5.10 Å². The van der Waals surface area contributed by atoms with Crippen LogP contribution in [0.3, 0.4) is 0 Å². The molecule has 0 atom stereocenters. The molecule has 3 rings (SSSR count). The van der Waals surface area contributed by atoms with Crippen molar-refractivity contribution >= 4 is 11.0 Å². The third kappa shape index (κ3) is 2.18. The summed E-state index contributed by atoms with van der Waals surface area (Å²) >= 11 is 0. The lowest BCUT2D eigenvalue weighted by molar-refractivity contribution is 0.355. The predicted molar refractivity (Wildman–Crippen MR) is 76.2 cm³/mol. The van der Waals surface area contributed by atoms with E-state index in [0.29, 0.717) is 18.0 Å². The zero-order valence-electron chi connectivity index (χ0n) is 11.4. The first-order chi connectivity index (χ1) is 9.81. The lowest BCUT2D eigenvalue weighted by atomic mass is 10.2. The lowest BCUT2D eigenvalue weighted by Gasteiger charge is -2.08. The maximum absolute atomic E-state index is 5.33. The van der Waals surface area contributed by atoms with E-state index < -0.39 is 0 Å². The lowest BCUT2D eigenvalue weighted by Crippen LogP contribution is -2.01. The fourth-order valence-electron chi connectivity index (χ4n) is 2.17. The molecule has 0 aliphatic heterocycles. The molecule has 2 aromatic carbocycles. The number of nitrogens with zero attached hydrogens (tertiary/aromatic N) is 3. The first kappa shape index (κ1) is 12.5. The maximum atomic E-state index is 5.33. The average molecular weight is 269 g/mol. The summed E-state index contributed by atoms with van der Waals surface area (Å²) < 4.78 is 12.4. The van der Waals surface area contributed by atoms with Crippen molar-refractivity contribution < 1.29 is 9.47 Å². The summed E-state index contributed by atoms with van der Waals surface area (Å²) in [7, 11) is 3.23. The van der Waals surface area contributed by atoms with Crippen LogP contribution >= 0.6 is 0 Å². The van der Waals surface area contributed by atoms with Gasteiger partial charge in [0.15, 0.2) is 11.5 Å². The van der Waals surface area contributed by atoms with Gasteiger partial charge in [0.05, 0.1) is 26.3 Å². The van der Waals surface area contributed by atoms with Crippen LogP contribution in [0.25, 0.3) is 11.0 Å². The molecule has 102 valence electrons. The van der Waals surface area contributed by atoms with Crippen molar-refractivity contribution in [1.82, 2.24) is 15.0 Å². The molecule has 0 aliphatic carbocycles. The van der Waals surface area contributed by atoms with E-state index in [2.05, 4.69) is 22.4 Å². The van der Waals surface area contributed by atoms with Gasteiger partial charge >= 0.3 is 0 Å². The average Bonchev–Trinajstić information content (AvgIpc) is 2.89. The molecule has 3 aromatic rings. The molecule has 0 fully saturated rings. The van der Waals surface area contributed by atoms with E-state index in [0.717, 1.165) is 11.0 Å². The van der Waals surface area contributed by atoms with Crippen molar-refractivity contribution in [1.29, 1.82) is 0 Å². The molecule has 1 heterocycles. The predicted octanol–water partition coefficient (Wildman–Crippen LogP) is 2.50. The van der Waals surface area contributed by atoms with Crippen molar-refractivity contribution in [3.8, 4) is 11.5 Å². The normalized spacial score (nSPS) is 10.7. The van der Waals surface area contributed by atoms with Gasteiger partial charge in [0.25, 0.3) is 0 Å². The minimum atomic E-state index is 0.659. The fraction of sp³-hybridized carbons (Fsp3) is 0.200. The van der Waals surface area contributed by atoms with Crippen LogP contribution in [0.15, 0.2) is 42.5 Å². The number of methoxy groups -OCH3 is 2. The molecule has 0 amide bonds. The monoisotopic (exact) mass is 269 g/mol. The Kier molecular flexibility index (Phi) is 3.25. The minimum Gasteiger partial charge on any atom is -0.493 e. The van der Waals surface area contributed by atoms with Gasteiger partial charge in [-0.25, -0.2) is 4.68 Å². The van der Waals surface area contributed by atoms with Gasteiger partial charge in [0.1, 0.15) is 5.52 Å². The summed E-state index contributed by atoms with van der Waals surface area (Å²) in [6.07, 6.45) is 0. The number of aromatic nitrogens is 3. The molecule has 1 aromatic heterocycles. The Labute approximate surface area is 116 Å². The molecule has 5 heteroatoms. The highest BCUT2D eigenvalue weighted by molar-refractivity contribution is 5.79. The summed E-state index contributed by atoms with van der Waals surface area (Å²) in [5.74, 6) is 1.34. The summed E-state index contributed by atoms with van der Waals surface area (Å²) in [4.78, 5) is 0. The van der Waals surface area contributed by atoms with Crippen LogP contribution in [-0.4, -0.2) is 29.2 Å². The second kappa shape index (κ2) is 5.21. The number of ether oxygens (including phenoxy) is 2. The van der Waals surface area contributed by atoms with E-state index in [1.807, 2.05) is 35.0 Å². The zero-order chi connectivity index (χ0) is 13.9. The highest BCUT2D eigenvalue weighted by Crippen LogP contribution is 2.31. The van der Waals surface area contributed by atoms with Gasteiger partial charge < -0.3 is 9.47 Å². The summed E-state index contributed by atoms with van der Waals surface area (Å²) in [5.41, 5.74) is 2.89. The van der Waals surface area contributed by atoms with Gasteiger partial charge in [-0.05, 0) is 5.56 Å². The van der Waals surface area contributed by atoms with Crippen LogP contribution in [0.4, 0.5) is 0 Å². The highest BCUT2D eigenvalue weighted by Gasteiger charge is 2.11. The van der Waals surface area contributed by atoms with Gasteiger partial charge in [-0.1, -0.05) is 35.5 Å². The first-order valence-corrected chi connectivity index (χ1v) is 6.31. The molecular weight excluding hydrogens is 254 g/mol. The largest absolute Gasteiger partial charge is 0.493 e. The van der Waals surface area contributed by atoms with E-state index in [1.165, 1.54) is 5.56 Å². The standard InChI is InChI=1S/C15H15N3O2/c1-19-14-8-12-13(9-15(14)20-2)18(17-16-12)10-11-6-4-3-5-7-11/h3-9H,10H2,1-2H3. The molecule has 0 aliphatic rings.